The maximum Gasteiger partial charge on any atom is 0.159 e. The van der Waals surface area contributed by atoms with Gasteiger partial charge in [-0.2, -0.15) is 4.68 Å². The van der Waals surface area contributed by atoms with E-state index in [1.54, 1.807) is 18.2 Å². The maximum atomic E-state index is 13.5. The van der Waals surface area contributed by atoms with Crippen LogP contribution in [0.1, 0.15) is 24.6 Å². The van der Waals surface area contributed by atoms with Crippen molar-refractivity contribution in [1.29, 1.82) is 0 Å². The Hall–Kier alpha value is -1.78. The van der Waals surface area contributed by atoms with Gasteiger partial charge in [0.2, 0.25) is 0 Å². The first-order chi connectivity index (χ1) is 7.36. The van der Waals surface area contributed by atoms with Crippen molar-refractivity contribution in [2.75, 3.05) is 0 Å². The summed E-state index contributed by atoms with van der Waals surface area (Å²) >= 11 is 0. The van der Waals surface area contributed by atoms with Crippen LogP contribution < -0.4 is 0 Å². The van der Waals surface area contributed by atoms with Crippen LogP contribution in [-0.2, 0) is 0 Å². The molecule has 0 atom stereocenters. The van der Waals surface area contributed by atoms with Crippen molar-refractivity contribution in [1.82, 2.24) is 20.2 Å². The standard InChI is InChI=1S/C10H9FN4/c11-8-3-1-2-4-9(8)15-10(7-5-6-7)12-13-14-15/h1-4,7H,5-6H2. The molecule has 0 aliphatic heterocycles. The van der Waals surface area contributed by atoms with Crippen LogP contribution in [0.25, 0.3) is 5.69 Å². The Morgan fingerprint density at radius 2 is 2.07 bits per heavy atom. The van der Waals surface area contributed by atoms with E-state index >= 15 is 0 Å². The van der Waals surface area contributed by atoms with E-state index in [4.69, 9.17) is 0 Å². The molecule has 1 fully saturated rings. The molecular formula is C10H9FN4. The summed E-state index contributed by atoms with van der Waals surface area (Å²) < 4.78 is 15.0. The van der Waals surface area contributed by atoms with E-state index in [0.29, 0.717) is 11.6 Å². The molecule has 0 amide bonds. The Balaban J connectivity index is 2.12. The SMILES string of the molecule is Fc1ccccc1-n1nnnc1C1CC1. The normalized spacial score (nSPS) is 15.5. The minimum atomic E-state index is -0.299. The summed E-state index contributed by atoms with van der Waals surface area (Å²) in [5.74, 6) is 0.867. The first kappa shape index (κ1) is 8.52. The summed E-state index contributed by atoms with van der Waals surface area (Å²) in [5.41, 5.74) is 0.421. The van der Waals surface area contributed by atoms with Crippen LogP contribution >= 0.6 is 0 Å². The quantitative estimate of drug-likeness (QED) is 0.747. The van der Waals surface area contributed by atoms with Gasteiger partial charge in [0.1, 0.15) is 11.5 Å². The van der Waals surface area contributed by atoms with E-state index in [1.807, 2.05) is 0 Å². The summed E-state index contributed by atoms with van der Waals surface area (Å²) in [6.45, 7) is 0. The predicted octanol–water partition coefficient (Wildman–Crippen LogP) is 1.68. The van der Waals surface area contributed by atoms with Gasteiger partial charge in [-0.15, -0.1) is 5.10 Å². The minimum absolute atomic E-state index is 0.299. The van der Waals surface area contributed by atoms with Crippen LogP contribution in [0.4, 0.5) is 4.39 Å². The van der Waals surface area contributed by atoms with Crippen LogP contribution in [-0.4, -0.2) is 20.2 Å². The molecule has 0 spiro atoms. The zero-order chi connectivity index (χ0) is 10.3. The van der Waals surface area contributed by atoms with Crippen molar-refractivity contribution in [3.05, 3.63) is 35.9 Å². The molecule has 1 saturated carbocycles. The largest absolute Gasteiger partial charge is 0.205 e. The molecule has 1 aromatic heterocycles. The molecule has 2 aromatic rings. The number of benzene rings is 1. The smallest absolute Gasteiger partial charge is 0.159 e. The van der Waals surface area contributed by atoms with Crippen LogP contribution in [0.5, 0.6) is 0 Å². The third-order valence-corrected chi connectivity index (χ3v) is 2.52. The lowest BCUT2D eigenvalue weighted by Gasteiger charge is -2.03. The van der Waals surface area contributed by atoms with Crippen LogP contribution in [0.15, 0.2) is 24.3 Å². The monoisotopic (exact) mass is 204 g/mol. The highest BCUT2D eigenvalue weighted by atomic mass is 19.1. The highest BCUT2D eigenvalue weighted by Crippen LogP contribution is 2.39. The first-order valence-corrected chi connectivity index (χ1v) is 4.89. The van der Waals surface area contributed by atoms with Gasteiger partial charge in [-0.3, -0.25) is 0 Å². The molecule has 0 saturated heterocycles. The van der Waals surface area contributed by atoms with Crippen molar-refractivity contribution >= 4 is 0 Å². The van der Waals surface area contributed by atoms with Gasteiger partial charge >= 0.3 is 0 Å². The Morgan fingerprint density at radius 3 is 2.80 bits per heavy atom. The van der Waals surface area contributed by atoms with Crippen molar-refractivity contribution in [2.45, 2.75) is 18.8 Å². The summed E-state index contributed by atoms with van der Waals surface area (Å²) in [5, 5.41) is 11.4. The van der Waals surface area contributed by atoms with Crippen LogP contribution in [0.3, 0.4) is 0 Å². The molecule has 4 nitrogen and oxygen atoms in total. The maximum absolute atomic E-state index is 13.5. The number of tetrazole rings is 1. The van der Waals surface area contributed by atoms with E-state index in [9.17, 15) is 4.39 Å². The molecule has 0 bridgehead atoms. The molecular weight excluding hydrogens is 195 g/mol. The predicted molar refractivity (Wildman–Crippen MR) is 51.1 cm³/mol. The van der Waals surface area contributed by atoms with E-state index in [2.05, 4.69) is 15.5 Å². The Morgan fingerprint density at radius 1 is 1.27 bits per heavy atom. The topological polar surface area (TPSA) is 43.6 Å². The second kappa shape index (κ2) is 3.12. The van der Waals surface area contributed by atoms with E-state index < -0.39 is 0 Å². The summed E-state index contributed by atoms with van der Waals surface area (Å²) in [6, 6.07) is 6.52. The Labute approximate surface area is 85.7 Å². The highest BCUT2D eigenvalue weighted by molar-refractivity contribution is 5.33. The molecule has 0 unspecified atom stereocenters. The molecule has 3 rings (SSSR count). The highest BCUT2D eigenvalue weighted by Gasteiger charge is 2.30. The van der Waals surface area contributed by atoms with E-state index in [0.717, 1.165) is 18.7 Å². The fourth-order valence-electron chi connectivity index (χ4n) is 1.59. The minimum Gasteiger partial charge on any atom is -0.205 e. The van der Waals surface area contributed by atoms with Crippen LogP contribution in [0, 0.1) is 5.82 Å². The van der Waals surface area contributed by atoms with Gasteiger partial charge in [-0.05, 0) is 35.4 Å². The van der Waals surface area contributed by atoms with Gasteiger partial charge in [0.25, 0.3) is 0 Å². The third-order valence-electron chi connectivity index (χ3n) is 2.52. The number of para-hydroxylation sites is 1. The average molecular weight is 204 g/mol. The zero-order valence-corrected chi connectivity index (χ0v) is 7.97. The first-order valence-electron chi connectivity index (χ1n) is 4.89. The van der Waals surface area contributed by atoms with Gasteiger partial charge in [0.15, 0.2) is 5.82 Å². The molecule has 1 aliphatic rings. The van der Waals surface area contributed by atoms with Gasteiger partial charge in [0, 0.05) is 5.92 Å². The lowest BCUT2D eigenvalue weighted by atomic mass is 10.3. The zero-order valence-electron chi connectivity index (χ0n) is 7.97. The molecule has 76 valence electrons. The number of halogens is 1. The number of aromatic nitrogens is 4. The van der Waals surface area contributed by atoms with E-state index in [-0.39, 0.29) is 5.82 Å². The number of nitrogens with zero attached hydrogens (tertiary/aromatic N) is 4. The average Bonchev–Trinajstić information content (AvgIpc) is 2.98. The summed E-state index contributed by atoms with van der Waals surface area (Å²) in [4.78, 5) is 0. The molecule has 0 radical (unpaired) electrons. The fourth-order valence-corrected chi connectivity index (χ4v) is 1.59. The molecule has 5 heteroatoms. The lowest BCUT2D eigenvalue weighted by molar-refractivity contribution is 0.602. The number of hydrogen-bond donors (Lipinski definition) is 0. The third kappa shape index (κ3) is 1.40. The summed E-state index contributed by atoms with van der Waals surface area (Å²) in [6.07, 6.45) is 2.18. The van der Waals surface area contributed by atoms with Gasteiger partial charge < -0.3 is 0 Å². The fraction of sp³-hybridized carbons (Fsp3) is 0.300. The molecule has 1 aromatic carbocycles. The second-order valence-corrected chi connectivity index (χ2v) is 3.67. The van der Waals surface area contributed by atoms with Gasteiger partial charge in [-0.25, -0.2) is 4.39 Å². The second-order valence-electron chi connectivity index (χ2n) is 3.67. The number of hydrogen-bond acceptors (Lipinski definition) is 3. The lowest BCUT2D eigenvalue weighted by Crippen LogP contribution is -2.04. The summed E-state index contributed by atoms with van der Waals surface area (Å²) in [7, 11) is 0. The number of rotatable bonds is 2. The van der Waals surface area contributed by atoms with Gasteiger partial charge in [-0.1, -0.05) is 12.1 Å². The molecule has 1 aliphatic carbocycles. The van der Waals surface area contributed by atoms with Crippen LogP contribution in [0.2, 0.25) is 0 Å². The molecule has 1 heterocycles. The molecule has 0 N–H and O–H groups in total. The van der Waals surface area contributed by atoms with Crippen molar-refractivity contribution < 1.29 is 4.39 Å². The van der Waals surface area contributed by atoms with Crippen molar-refractivity contribution in [3.8, 4) is 5.69 Å². The van der Waals surface area contributed by atoms with Gasteiger partial charge in [0.05, 0.1) is 0 Å². The Kier molecular flexibility index (Phi) is 1.77. The van der Waals surface area contributed by atoms with E-state index in [1.165, 1.54) is 10.7 Å². The van der Waals surface area contributed by atoms with Crippen molar-refractivity contribution in [3.63, 3.8) is 0 Å². The van der Waals surface area contributed by atoms with Crippen molar-refractivity contribution in [2.24, 2.45) is 0 Å². The Bertz CT molecular complexity index is 490. The molecule has 15 heavy (non-hydrogen) atoms.